The lowest BCUT2D eigenvalue weighted by molar-refractivity contribution is -0.130. The van der Waals surface area contributed by atoms with E-state index in [9.17, 15) is 9.59 Å². The van der Waals surface area contributed by atoms with Gasteiger partial charge in [-0.15, -0.1) is 23.5 Å². The summed E-state index contributed by atoms with van der Waals surface area (Å²) < 4.78 is 0.450. The smallest absolute Gasteiger partial charge is 0.246 e. The van der Waals surface area contributed by atoms with Crippen molar-refractivity contribution in [3.8, 4) is 0 Å². The molecule has 0 bridgehead atoms. The van der Waals surface area contributed by atoms with Gasteiger partial charge in [0.15, 0.2) is 0 Å². The Morgan fingerprint density at radius 2 is 2.14 bits per heavy atom. The van der Waals surface area contributed by atoms with Gasteiger partial charge in [-0.2, -0.15) is 0 Å². The minimum Gasteiger partial charge on any atom is -0.330 e. The van der Waals surface area contributed by atoms with Crippen LogP contribution in [0.5, 0.6) is 0 Å². The maximum Gasteiger partial charge on any atom is 0.246 e. The fraction of sp³-hybridized carbons (Fsp3) is 0.375. The Morgan fingerprint density at radius 3 is 2.77 bits per heavy atom. The molecule has 22 heavy (non-hydrogen) atoms. The van der Waals surface area contributed by atoms with Crippen LogP contribution in [0.25, 0.3) is 0 Å². The number of carbonyl (C=O) groups is 2. The van der Waals surface area contributed by atoms with Crippen molar-refractivity contribution in [1.29, 1.82) is 0 Å². The Kier molecular flexibility index (Phi) is 6.39. The van der Waals surface area contributed by atoms with E-state index in [0.29, 0.717) is 11.1 Å². The van der Waals surface area contributed by atoms with Crippen LogP contribution in [0, 0.1) is 0 Å². The second-order valence-corrected chi connectivity index (χ2v) is 7.53. The monoisotopic (exact) mass is 336 g/mol. The lowest BCUT2D eigenvalue weighted by Crippen LogP contribution is -2.36. The van der Waals surface area contributed by atoms with Gasteiger partial charge < -0.3 is 10.2 Å². The second kappa shape index (κ2) is 8.29. The van der Waals surface area contributed by atoms with Crippen LogP contribution in [-0.4, -0.2) is 41.3 Å². The van der Waals surface area contributed by atoms with Crippen LogP contribution in [0.1, 0.15) is 17.1 Å². The number of thioether (sulfide) groups is 2. The maximum absolute atomic E-state index is 12.1. The summed E-state index contributed by atoms with van der Waals surface area (Å²) in [4.78, 5) is 25.1. The number of likely N-dealkylation sites (N-methyl/N-ethyl adjacent to an activating group) is 1. The number of nitrogens with one attached hydrogen (secondary N) is 1. The zero-order valence-corrected chi connectivity index (χ0v) is 14.2. The molecule has 1 heterocycles. The average molecular weight is 336 g/mol. The number of amides is 2. The lowest BCUT2D eigenvalue weighted by Gasteiger charge is -2.18. The highest BCUT2D eigenvalue weighted by atomic mass is 32.2. The van der Waals surface area contributed by atoms with Crippen molar-refractivity contribution in [2.45, 2.75) is 11.5 Å². The first-order valence-corrected chi connectivity index (χ1v) is 9.28. The summed E-state index contributed by atoms with van der Waals surface area (Å²) in [6.45, 7) is 5.81. The van der Waals surface area contributed by atoms with E-state index in [1.165, 1.54) is 28.0 Å². The van der Waals surface area contributed by atoms with Gasteiger partial charge in [-0.1, -0.05) is 18.7 Å². The van der Waals surface area contributed by atoms with Gasteiger partial charge in [0, 0.05) is 23.7 Å². The van der Waals surface area contributed by atoms with E-state index in [4.69, 9.17) is 0 Å². The molecule has 0 atom stereocenters. The predicted molar refractivity (Wildman–Crippen MR) is 95.2 cm³/mol. The Labute approximate surface area is 139 Å². The van der Waals surface area contributed by atoms with Crippen molar-refractivity contribution in [3.05, 3.63) is 42.5 Å². The molecule has 1 fully saturated rings. The number of hydrogen-bond acceptors (Lipinski definition) is 4. The van der Waals surface area contributed by atoms with E-state index < -0.39 is 0 Å². The summed E-state index contributed by atoms with van der Waals surface area (Å²) in [7, 11) is 0. The van der Waals surface area contributed by atoms with Gasteiger partial charge in [-0.05, 0) is 30.7 Å². The number of benzene rings is 1. The maximum atomic E-state index is 12.1. The number of carbonyl (C=O) groups excluding carboxylic acids is 2. The molecule has 4 nitrogen and oxygen atoms in total. The standard InChI is InChI=1S/C16H20N2O2S2/c1-3-15(20)18(4-2)11-14(19)17-13-7-5-6-12(10-13)16-21-8-9-22-16/h3,5-7,10,16H,1,4,8-9,11H2,2H3,(H,17,19). The zero-order chi connectivity index (χ0) is 15.9. The molecule has 1 N–H and O–H groups in total. The molecule has 1 saturated heterocycles. The Balaban J connectivity index is 1.97. The third-order valence-corrected chi connectivity index (χ3v) is 6.37. The molecule has 118 valence electrons. The van der Waals surface area contributed by atoms with Gasteiger partial charge >= 0.3 is 0 Å². The third kappa shape index (κ3) is 4.55. The van der Waals surface area contributed by atoms with Crippen LogP contribution in [0.4, 0.5) is 5.69 Å². The quantitative estimate of drug-likeness (QED) is 0.811. The Hall–Kier alpha value is -1.40. The predicted octanol–water partition coefficient (Wildman–Crippen LogP) is 3.14. The molecule has 1 aromatic carbocycles. The van der Waals surface area contributed by atoms with Gasteiger partial charge in [0.1, 0.15) is 6.54 Å². The topological polar surface area (TPSA) is 49.4 Å². The SMILES string of the molecule is C=CC(=O)N(CC)CC(=O)Nc1cccc(C2SCCS2)c1. The minimum absolute atomic E-state index is 0.0402. The average Bonchev–Trinajstić information content (AvgIpc) is 3.06. The van der Waals surface area contributed by atoms with Crippen molar-refractivity contribution in [2.75, 3.05) is 29.9 Å². The van der Waals surface area contributed by atoms with Gasteiger partial charge in [0.2, 0.25) is 11.8 Å². The van der Waals surface area contributed by atoms with Crippen molar-refractivity contribution in [2.24, 2.45) is 0 Å². The molecule has 2 amide bonds. The van der Waals surface area contributed by atoms with Gasteiger partial charge in [0.25, 0.3) is 0 Å². The van der Waals surface area contributed by atoms with Crippen molar-refractivity contribution < 1.29 is 9.59 Å². The van der Waals surface area contributed by atoms with E-state index >= 15 is 0 Å². The second-order valence-electron chi connectivity index (χ2n) is 4.80. The van der Waals surface area contributed by atoms with E-state index in [1.54, 1.807) is 0 Å². The van der Waals surface area contributed by atoms with Crippen molar-refractivity contribution in [1.82, 2.24) is 4.90 Å². The zero-order valence-electron chi connectivity index (χ0n) is 12.6. The largest absolute Gasteiger partial charge is 0.330 e. The molecular weight excluding hydrogens is 316 g/mol. The summed E-state index contributed by atoms with van der Waals surface area (Å²) in [5.41, 5.74) is 2.00. The molecule has 0 spiro atoms. The molecule has 0 radical (unpaired) electrons. The molecule has 1 aliphatic heterocycles. The van der Waals surface area contributed by atoms with E-state index in [2.05, 4.69) is 18.0 Å². The fourth-order valence-electron chi connectivity index (χ4n) is 2.16. The Morgan fingerprint density at radius 1 is 1.41 bits per heavy atom. The first-order valence-electron chi connectivity index (χ1n) is 7.18. The number of hydrogen-bond donors (Lipinski definition) is 1. The number of anilines is 1. The van der Waals surface area contributed by atoms with Gasteiger partial charge in [0.05, 0.1) is 4.58 Å². The molecule has 0 unspecified atom stereocenters. The summed E-state index contributed by atoms with van der Waals surface area (Å²) in [6, 6.07) is 7.93. The fourth-order valence-corrected chi connectivity index (χ4v) is 5.00. The molecule has 2 rings (SSSR count). The molecule has 1 aromatic rings. The van der Waals surface area contributed by atoms with E-state index in [-0.39, 0.29) is 18.4 Å². The van der Waals surface area contributed by atoms with Crippen molar-refractivity contribution >= 4 is 41.0 Å². The first-order chi connectivity index (χ1) is 10.6. The third-order valence-electron chi connectivity index (χ3n) is 3.27. The minimum atomic E-state index is -0.231. The van der Waals surface area contributed by atoms with Crippen LogP contribution < -0.4 is 5.32 Å². The molecular formula is C16H20N2O2S2. The van der Waals surface area contributed by atoms with Crippen LogP contribution in [0.15, 0.2) is 36.9 Å². The molecule has 6 heteroatoms. The molecule has 0 aromatic heterocycles. The summed E-state index contributed by atoms with van der Waals surface area (Å²) in [5.74, 6) is 1.91. The van der Waals surface area contributed by atoms with Crippen LogP contribution in [-0.2, 0) is 9.59 Å². The normalized spacial score (nSPS) is 14.6. The summed E-state index contributed by atoms with van der Waals surface area (Å²) >= 11 is 3.86. The number of nitrogens with zero attached hydrogens (tertiary/aromatic N) is 1. The first kappa shape index (κ1) is 17.0. The Bertz CT molecular complexity index is 557. The van der Waals surface area contributed by atoms with Gasteiger partial charge in [-0.25, -0.2) is 0 Å². The highest BCUT2D eigenvalue weighted by molar-refractivity contribution is 8.19. The van der Waals surface area contributed by atoms with Crippen molar-refractivity contribution in [3.63, 3.8) is 0 Å². The summed E-state index contributed by atoms with van der Waals surface area (Å²) in [5, 5.41) is 2.86. The van der Waals surface area contributed by atoms with Crippen LogP contribution in [0.3, 0.4) is 0 Å². The highest BCUT2D eigenvalue weighted by Gasteiger charge is 2.19. The highest BCUT2D eigenvalue weighted by Crippen LogP contribution is 2.45. The summed E-state index contributed by atoms with van der Waals surface area (Å²) in [6.07, 6.45) is 1.23. The lowest BCUT2D eigenvalue weighted by atomic mass is 10.2. The van der Waals surface area contributed by atoms with Crippen LogP contribution in [0.2, 0.25) is 0 Å². The van der Waals surface area contributed by atoms with E-state index in [1.807, 2.05) is 48.6 Å². The molecule has 1 aliphatic rings. The van der Waals surface area contributed by atoms with Gasteiger partial charge in [-0.3, -0.25) is 9.59 Å². The van der Waals surface area contributed by atoms with Crippen LogP contribution >= 0.6 is 23.5 Å². The van der Waals surface area contributed by atoms with E-state index in [0.717, 1.165) is 5.69 Å². The molecule has 0 aliphatic carbocycles. The number of rotatable bonds is 6. The molecule has 0 saturated carbocycles.